The number of anilines is 1. The number of fused-ring (bicyclic) bond motifs is 1. The molecule has 0 bridgehead atoms. The zero-order valence-electron chi connectivity index (χ0n) is 16.3. The summed E-state index contributed by atoms with van der Waals surface area (Å²) in [5.41, 5.74) is 3.45. The van der Waals surface area contributed by atoms with Gasteiger partial charge in [0.15, 0.2) is 5.82 Å². The summed E-state index contributed by atoms with van der Waals surface area (Å²) in [6, 6.07) is 4.32. The summed E-state index contributed by atoms with van der Waals surface area (Å²) >= 11 is 0. The summed E-state index contributed by atoms with van der Waals surface area (Å²) in [4.78, 5) is 17.8. The van der Waals surface area contributed by atoms with Crippen molar-refractivity contribution in [1.82, 2.24) is 24.5 Å². The molecule has 0 aliphatic heterocycles. The third-order valence-electron chi connectivity index (χ3n) is 5.22. The maximum atomic E-state index is 5.86. The third-order valence-corrected chi connectivity index (χ3v) is 5.22. The van der Waals surface area contributed by atoms with Crippen molar-refractivity contribution in [2.75, 3.05) is 25.6 Å². The number of hydrogen-bond donors (Lipinski definition) is 1. The fourth-order valence-corrected chi connectivity index (χ4v) is 3.66. The molecule has 0 spiro atoms. The van der Waals surface area contributed by atoms with Crippen LogP contribution in [0.25, 0.3) is 22.4 Å². The van der Waals surface area contributed by atoms with Crippen molar-refractivity contribution in [3.05, 3.63) is 31.0 Å². The first-order valence-electron chi connectivity index (χ1n) is 9.70. The Bertz CT molecular complexity index is 920. The van der Waals surface area contributed by atoms with Crippen LogP contribution in [0.1, 0.15) is 25.7 Å². The van der Waals surface area contributed by atoms with Gasteiger partial charge in [-0.1, -0.05) is 0 Å². The molecule has 8 nitrogen and oxygen atoms in total. The smallest absolute Gasteiger partial charge is 0.156 e. The quantitative estimate of drug-likeness (QED) is 0.629. The molecule has 3 aromatic rings. The second-order valence-electron chi connectivity index (χ2n) is 7.16. The second kappa shape index (κ2) is 8.62. The van der Waals surface area contributed by atoms with Crippen molar-refractivity contribution in [2.24, 2.45) is 7.05 Å². The van der Waals surface area contributed by atoms with Crippen LogP contribution in [0, 0.1) is 0 Å². The average Bonchev–Trinajstić information content (AvgIpc) is 3.15. The van der Waals surface area contributed by atoms with Crippen molar-refractivity contribution in [3.63, 3.8) is 0 Å². The van der Waals surface area contributed by atoms with Crippen LogP contribution in [0.5, 0.6) is 0 Å². The number of aryl methyl sites for hydroxylation is 1. The van der Waals surface area contributed by atoms with E-state index in [9.17, 15) is 0 Å². The molecule has 0 unspecified atom stereocenters. The summed E-state index contributed by atoms with van der Waals surface area (Å²) in [6.07, 6.45) is 9.68. The van der Waals surface area contributed by atoms with Crippen LogP contribution in [0.15, 0.2) is 31.0 Å². The molecule has 1 fully saturated rings. The first-order chi connectivity index (χ1) is 13.7. The van der Waals surface area contributed by atoms with Crippen molar-refractivity contribution in [1.29, 1.82) is 0 Å². The maximum Gasteiger partial charge on any atom is 0.156 e. The molecule has 1 aliphatic carbocycles. The van der Waals surface area contributed by atoms with Gasteiger partial charge in [0.1, 0.15) is 11.8 Å². The van der Waals surface area contributed by atoms with Gasteiger partial charge in [-0.2, -0.15) is 0 Å². The van der Waals surface area contributed by atoms with Crippen molar-refractivity contribution in [2.45, 2.75) is 37.8 Å². The van der Waals surface area contributed by atoms with Crippen molar-refractivity contribution >= 4 is 16.9 Å². The predicted octanol–water partition coefficient (Wildman–Crippen LogP) is 2.81. The molecule has 3 aromatic heterocycles. The van der Waals surface area contributed by atoms with E-state index in [1.54, 1.807) is 19.8 Å². The van der Waals surface area contributed by atoms with E-state index < -0.39 is 0 Å². The molecule has 0 radical (unpaired) electrons. The number of ether oxygens (including phenoxy) is 2. The number of hydrogen-bond acceptors (Lipinski definition) is 7. The molecule has 3 heterocycles. The topological polar surface area (TPSA) is 87.0 Å². The van der Waals surface area contributed by atoms with Crippen LogP contribution in [0.4, 0.5) is 5.82 Å². The summed E-state index contributed by atoms with van der Waals surface area (Å²) in [6.45, 7) is 1.31. The summed E-state index contributed by atoms with van der Waals surface area (Å²) < 4.78 is 12.9. The number of nitrogens with zero attached hydrogens (tertiary/aromatic N) is 5. The number of rotatable bonds is 7. The average molecular weight is 382 g/mol. The second-order valence-corrected chi connectivity index (χ2v) is 7.16. The Morgan fingerprint density at radius 1 is 1.14 bits per heavy atom. The Kier molecular flexibility index (Phi) is 5.78. The monoisotopic (exact) mass is 382 g/mol. The van der Waals surface area contributed by atoms with Gasteiger partial charge >= 0.3 is 0 Å². The lowest BCUT2D eigenvalue weighted by molar-refractivity contribution is -0.00155. The Labute approximate surface area is 164 Å². The number of aromatic nitrogens is 5. The van der Waals surface area contributed by atoms with Gasteiger partial charge in [-0.05, 0) is 37.8 Å². The molecular weight excluding hydrogens is 356 g/mol. The molecule has 4 rings (SSSR count). The molecule has 8 heteroatoms. The minimum absolute atomic E-state index is 0.324. The Hall–Kier alpha value is -2.58. The third kappa shape index (κ3) is 4.13. The number of imidazole rings is 1. The predicted molar refractivity (Wildman–Crippen MR) is 107 cm³/mol. The highest BCUT2D eigenvalue weighted by Crippen LogP contribution is 2.27. The zero-order chi connectivity index (χ0) is 19.3. The van der Waals surface area contributed by atoms with E-state index >= 15 is 0 Å². The maximum absolute atomic E-state index is 5.86. The standard InChI is InChI=1S/C20H26N6O2/c1-26-13-21-11-18(26)16-7-8-17-19(25-16)20(23-12-22-17)24-14-3-5-15(6-4-14)28-10-9-27-2/h7-8,11-15H,3-6,9-10H2,1-2H3,(H,22,23,24). The van der Waals surface area contributed by atoms with Crippen LogP contribution in [-0.4, -0.2) is 57.0 Å². The molecule has 0 saturated heterocycles. The molecule has 148 valence electrons. The minimum Gasteiger partial charge on any atom is -0.382 e. The molecule has 0 aromatic carbocycles. The normalized spacial score (nSPS) is 19.8. The van der Waals surface area contributed by atoms with Crippen LogP contribution >= 0.6 is 0 Å². The lowest BCUT2D eigenvalue weighted by Gasteiger charge is -2.29. The van der Waals surface area contributed by atoms with E-state index in [-0.39, 0.29) is 0 Å². The first-order valence-corrected chi connectivity index (χ1v) is 9.70. The number of pyridine rings is 1. The lowest BCUT2D eigenvalue weighted by Crippen LogP contribution is -2.30. The lowest BCUT2D eigenvalue weighted by atomic mass is 9.93. The summed E-state index contributed by atoms with van der Waals surface area (Å²) in [7, 11) is 3.66. The van der Waals surface area contributed by atoms with Gasteiger partial charge in [-0.3, -0.25) is 0 Å². The van der Waals surface area contributed by atoms with Crippen molar-refractivity contribution < 1.29 is 9.47 Å². The highest BCUT2D eigenvalue weighted by molar-refractivity contribution is 5.86. The van der Waals surface area contributed by atoms with Gasteiger partial charge in [-0.15, -0.1) is 0 Å². The van der Waals surface area contributed by atoms with E-state index in [0.717, 1.165) is 53.9 Å². The fourth-order valence-electron chi connectivity index (χ4n) is 3.66. The van der Waals surface area contributed by atoms with Gasteiger partial charge in [0.2, 0.25) is 0 Å². The summed E-state index contributed by atoms with van der Waals surface area (Å²) in [5.74, 6) is 0.790. The van der Waals surface area contributed by atoms with E-state index in [4.69, 9.17) is 14.5 Å². The number of methoxy groups -OCH3 is 1. The molecule has 0 atom stereocenters. The van der Waals surface area contributed by atoms with Crippen LogP contribution < -0.4 is 5.32 Å². The van der Waals surface area contributed by atoms with E-state index in [1.807, 2.05) is 29.9 Å². The Balaban J connectivity index is 1.48. The van der Waals surface area contributed by atoms with Gasteiger partial charge in [0.05, 0.1) is 48.7 Å². The van der Waals surface area contributed by atoms with E-state index in [1.165, 1.54) is 0 Å². The fraction of sp³-hybridized carbons (Fsp3) is 0.500. The molecule has 1 saturated carbocycles. The molecule has 0 amide bonds. The first kappa shape index (κ1) is 18.8. The van der Waals surface area contributed by atoms with Crippen LogP contribution in [-0.2, 0) is 16.5 Å². The van der Waals surface area contributed by atoms with E-state index in [2.05, 4.69) is 20.3 Å². The SMILES string of the molecule is COCCOC1CCC(Nc2ncnc3ccc(-c4cncn4C)nc23)CC1. The minimum atomic E-state index is 0.324. The van der Waals surface area contributed by atoms with Crippen LogP contribution in [0.3, 0.4) is 0 Å². The Morgan fingerprint density at radius 2 is 2.00 bits per heavy atom. The highest BCUT2D eigenvalue weighted by Gasteiger charge is 2.22. The van der Waals surface area contributed by atoms with Crippen LogP contribution in [0.2, 0.25) is 0 Å². The largest absolute Gasteiger partial charge is 0.382 e. The Morgan fingerprint density at radius 3 is 2.75 bits per heavy atom. The van der Waals surface area contributed by atoms with E-state index in [0.29, 0.717) is 25.4 Å². The molecule has 28 heavy (non-hydrogen) atoms. The van der Waals surface area contributed by atoms with Gasteiger partial charge in [0, 0.05) is 20.2 Å². The molecule has 1 aliphatic rings. The van der Waals surface area contributed by atoms with Gasteiger partial charge in [0.25, 0.3) is 0 Å². The summed E-state index contributed by atoms with van der Waals surface area (Å²) in [5, 5.41) is 3.58. The number of nitrogens with one attached hydrogen (secondary N) is 1. The van der Waals surface area contributed by atoms with Gasteiger partial charge < -0.3 is 19.4 Å². The zero-order valence-corrected chi connectivity index (χ0v) is 16.3. The highest BCUT2D eigenvalue weighted by atomic mass is 16.5. The molecular formula is C20H26N6O2. The van der Waals surface area contributed by atoms with Crippen molar-refractivity contribution in [3.8, 4) is 11.4 Å². The van der Waals surface area contributed by atoms with Gasteiger partial charge in [-0.25, -0.2) is 19.9 Å². The molecule has 1 N–H and O–H groups in total.